The lowest BCUT2D eigenvalue weighted by Crippen LogP contribution is -2.17. The summed E-state index contributed by atoms with van der Waals surface area (Å²) in [5.74, 6) is 0. The van der Waals surface area contributed by atoms with E-state index in [1.54, 1.807) is 0 Å². The van der Waals surface area contributed by atoms with E-state index >= 15 is 0 Å². The number of benzene rings is 1. The van der Waals surface area contributed by atoms with Crippen LogP contribution in [0.4, 0.5) is 0 Å². The molecule has 0 amide bonds. The SMILES string of the molecule is CC(C)(C)c1cc(CCCCN)cc(C(C)(C)C)c1. The molecule has 0 radical (unpaired) electrons. The van der Waals surface area contributed by atoms with E-state index in [0.29, 0.717) is 0 Å². The zero-order chi connectivity index (χ0) is 14.7. The molecule has 1 rings (SSSR count). The number of nitrogens with two attached hydrogens (primary N) is 1. The van der Waals surface area contributed by atoms with Crippen LogP contribution in [-0.2, 0) is 17.3 Å². The molecule has 0 bridgehead atoms. The van der Waals surface area contributed by atoms with Crippen molar-refractivity contribution in [3.05, 3.63) is 34.9 Å². The van der Waals surface area contributed by atoms with Crippen LogP contribution in [0, 0.1) is 0 Å². The molecule has 0 fully saturated rings. The van der Waals surface area contributed by atoms with Crippen LogP contribution in [0.25, 0.3) is 0 Å². The van der Waals surface area contributed by atoms with E-state index in [1.165, 1.54) is 23.1 Å². The van der Waals surface area contributed by atoms with Gasteiger partial charge < -0.3 is 5.73 Å². The minimum Gasteiger partial charge on any atom is -0.330 e. The van der Waals surface area contributed by atoms with E-state index in [9.17, 15) is 0 Å². The second kappa shape index (κ2) is 6.09. The van der Waals surface area contributed by atoms with Crippen LogP contribution in [0.5, 0.6) is 0 Å². The number of unbranched alkanes of at least 4 members (excludes halogenated alkanes) is 1. The zero-order valence-corrected chi connectivity index (χ0v) is 13.6. The van der Waals surface area contributed by atoms with Crippen molar-refractivity contribution in [3.63, 3.8) is 0 Å². The van der Waals surface area contributed by atoms with Crippen molar-refractivity contribution in [2.75, 3.05) is 6.54 Å². The molecular weight excluding hydrogens is 230 g/mol. The molecule has 0 aliphatic rings. The molecule has 108 valence electrons. The van der Waals surface area contributed by atoms with Crippen molar-refractivity contribution in [1.29, 1.82) is 0 Å². The van der Waals surface area contributed by atoms with Gasteiger partial charge in [0, 0.05) is 0 Å². The highest BCUT2D eigenvalue weighted by molar-refractivity contribution is 5.37. The molecule has 1 nitrogen and oxygen atoms in total. The van der Waals surface area contributed by atoms with Gasteiger partial charge in [-0.2, -0.15) is 0 Å². The Morgan fingerprint density at radius 1 is 0.789 bits per heavy atom. The molecule has 0 aliphatic carbocycles. The molecular formula is C18H31N. The van der Waals surface area contributed by atoms with Gasteiger partial charge in [-0.1, -0.05) is 59.7 Å². The third-order valence-electron chi connectivity index (χ3n) is 3.64. The van der Waals surface area contributed by atoms with E-state index in [-0.39, 0.29) is 10.8 Å². The Balaban J connectivity index is 3.10. The first kappa shape index (κ1) is 16.2. The van der Waals surface area contributed by atoms with Crippen molar-refractivity contribution in [3.8, 4) is 0 Å². The smallest absolute Gasteiger partial charge is 0.00772 e. The lowest BCUT2D eigenvalue weighted by atomic mass is 9.79. The van der Waals surface area contributed by atoms with Crippen LogP contribution in [0.1, 0.15) is 71.1 Å². The van der Waals surface area contributed by atoms with E-state index in [0.717, 1.165) is 19.4 Å². The van der Waals surface area contributed by atoms with E-state index < -0.39 is 0 Å². The summed E-state index contributed by atoms with van der Waals surface area (Å²) in [7, 11) is 0. The molecule has 1 heteroatoms. The minimum atomic E-state index is 0.212. The molecule has 1 aromatic carbocycles. The van der Waals surface area contributed by atoms with E-state index in [2.05, 4.69) is 59.7 Å². The molecule has 0 saturated carbocycles. The van der Waals surface area contributed by atoms with Crippen LogP contribution < -0.4 is 5.73 Å². The normalized spacial score (nSPS) is 12.8. The highest BCUT2D eigenvalue weighted by Gasteiger charge is 2.20. The number of hydrogen-bond donors (Lipinski definition) is 1. The van der Waals surface area contributed by atoms with Gasteiger partial charge in [0.05, 0.1) is 0 Å². The fraction of sp³-hybridized carbons (Fsp3) is 0.667. The van der Waals surface area contributed by atoms with Crippen molar-refractivity contribution >= 4 is 0 Å². The largest absolute Gasteiger partial charge is 0.330 e. The lowest BCUT2D eigenvalue weighted by Gasteiger charge is -2.26. The van der Waals surface area contributed by atoms with Crippen LogP contribution in [-0.4, -0.2) is 6.54 Å². The summed E-state index contributed by atoms with van der Waals surface area (Å²) in [6.07, 6.45) is 3.45. The van der Waals surface area contributed by atoms with Crippen molar-refractivity contribution in [1.82, 2.24) is 0 Å². The quantitative estimate of drug-likeness (QED) is 0.790. The highest BCUT2D eigenvalue weighted by atomic mass is 14.5. The minimum absolute atomic E-state index is 0.212. The van der Waals surface area contributed by atoms with Gasteiger partial charge in [-0.15, -0.1) is 0 Å². The predicted molar refractivity (Wildman–Crippen MR) is 85.8 cm³/mol. The number of hydrogen-bond acceptors (Lipinski definition) is 1. The van der Waals surface area contributed by atoms with Gasteiger partial charge in [0.25, 0.3) is 0 Å². The molecule has 0 atom stereocenters. The van der Waals surface area contributed by atoms with Gasteiger partial charge in [-0.25, -0.2) is 0 Å². The first-order valence-corrected chi connectivity index (χ1v) is 7.49. The maximum atomic E-state index is 5.59. The van der Waals surface area contributed by atoms with Gasteiger partial charge in [0.1, 0.15) is 0 Å². The second-order valence-electron chi connectivity index (χ2n) is 7.66. The predicted octanol–water partition coefficient (Wildman–Crippen LogP) is 4.56. The topological polar surface area (TPSA) is 26.0 Å². The Labute approximate surface area is 119 Å². The Morgan fingerprint density at radius 3 is 1.63 bits per heavy atom. The fourth-order valence-electron chi connectivity index (χ4n) is 2.18. The first-order valence-electron chi connectivity index (χ1n) is 7.49. The molecule has 1 aromatic rings. The number of aryl methyl sites for hydroxylation is 1. The molecule has 0 heterocycles. The van der Waals surface area contributed by atoms with Crippen LogP contribution in [0.2, 0.25) is 0 Å². The van der Waals surface area contributed by atoms with Crippen molar-refractivity contribution < 1.29 is 0 Å². The molecule has 0 spiro atoms. The molecule has 0 saturated heterocycles. The van der Waals surface area contributed by atoms with Crippen LogP contribution in [0.3, 0.4) is 0 Å². The van der Waals surface area contributed by atoms with Crippen LogP contribution >= 0.6 is 0 Å². The molecule has 0 aromatic heterocycles. The van der Waals surface area contributed by atoms with Crippen molar-refractivity contribution in [2.45, 2.75) is 71.6 Å². The fourth-order valence-corrected chi connectivity index (χ4v) is 2.18. The molecule has 2 N–H and O–H groups in total. The summed E-state index contributed by atoms with van der Waals surface area (Å²) in [6.45, 7) is 14.5. The number of rotatable bonds is 4. The summed E-state index contributed by atoms with van der Waals surface area (Å²) in [6, 6.07) is 7.14. The van der Waals surface area contributed by atoms with Gasteiger partial charge in [-0.05, 0) is 53.3 Å². The monoisotopic (exact) mass is 261 g/mol. The van der Waals surface area contributed by atoms with E-state index in [4.69, 9.17) is 5.73 Å². The van der Waals surface area contributed by atoms with Gasteiger partial charge >= 0.3 is 0 Å². The third-order valence-corrected chi connectivity index (χ3v) is 3.64. The summed E-state index contributed by atoms with van der Waals surface area (Å²) in [5, 5.41) is 0. The Bertz CT molecular complexity index is 372. The molecule has 0 unspecified atom stereocenters. The van der Waals surface area contributed by atoms with Crippen LogP contribution in [0.15, 0.2) is 18.2 Å². The average Bonchev–Trinajstić information content (AvgIpc) is 2.27. The van der Waals surface area contributed by atoms with Crippen molar-refractivity contribution in [2.24, 2.45) is 5.73 Å². The average molecular weight is 261 g/mol. The maximum absolute atomic E-state index is 5.59. The molecule has 0 aliphatic heterocycles. The third kappa shape index (κ3) is 4.99. The van der Waals surface area contributed by atoms with Gasteiger partial charge in [0.2, 0.25) is 0 Å². The Morgan fingerprint density at radius 2 is 1.26 bits per heavy atom. The first-order chi connectivity index (χ1) is 8.64. The van der Waals surface area contributed by atoms with E-state index in [1.807, 2.05) is 0 Å². The summed E-state index contributed by atoms with van der Waals surface area (Å²) in [4.78, 5) is 0. The van der Waals surface area contributed by atoms with Gasteiger partial charge in [-0.3, -0.25) is 0 Å². The second-order valence-corrected chi connectivity index (χ2v) is 7.66. The molecule has 19 heavy (non-hydrogen) atoms. The Hall–Kier alpha value is -0.820. The summed E-state index contributed by atoms with van der Waals surface area (Å²) < 4.78 is 0. The Kier molecular flexibility index (Phi) is 5.20. The lowest BCUT2D eigenvalue weighted by molar-refractivity contribution is 0.566. The maximum Gasteiger partial charge on any atom is -0.00772 e. The highest BCUT2D eigenvalue weighted by Crippen LogP contribution is 2.30. The zero-order valence-electron chi connectivity index (χ0n) is 13.6. The standard InChI is InChI=1S/C18H31N/c1-17(2,3)15-11-14(9-7-8-10-19)12-16(13-15)18(4,5)6/h11-13H,7-10,19H2,1-6H3. The van der Waals surface area contributed by atoms with Gasteiger partial charge in [0.15, 0.2) is 0 Å². The summed E-state index contributed by atoms with van der Waals surface area (Å²) in [5.41, 5.74) is 10.4. The summed E-state index contributed by atoms with van der Waals surface area (Å²) >= 11 is 0.